The molecule has 186 valence electrons. The lowest BCUT2D eigenvalue weighted by Gasteiger charge is -2.10. The number of pyridine rings is 1. The van der Waals surface area contributed by atoms with Gasteiger partial charge in [0, 0.05) is 35.2 Å². The number of aromatic nitrogens is 6. The molecule has 0 saturated heterocycles. The van der Waals surface area contributed by atoms with Crippen LogP contribution >= 0.6 is 0 Å². The van der Waals surface area contributed by atoms with Crippen LogP contribution in [0, 0.1) is 12.7 Å². The monoisotopic (exact) mass is 496 g/mol. The Hall–Kier alpha value is -4.92. The van der Waals surface area contributed by atoms with E-state index in [0.29, 0.717) is 5.65 Å². The summed E-state index contributed by atoms with van der Waals surface area (Å²) in [6.45, 7) is 6.06. The first-order chi connectivity index (χ1) is 18.1. The summed E-state index contributed by atoms with van der Waals surface area (Å²) in [5.74, 6) is 0.499. The molecule has 2 aromatic carbocycles. The highest BCUT2D eigenvalue weighted by molar-refractivity contribution is 5.90. The van der Waals surface area contributed by atoms with Crippen LogP contribution in [0.25, 0.3) is 39.2 Å². The molecule has 0 unspecified atom stereocenters. The van der Waals surface area contributed by atoms with Crippen LogP contribution in [-0.4, -0.2) is 30.0 Å². The lowest BCUT2D eigenvalue weighted by atomic mass is 9.98. The molecule has 0 radical (unpaired) electrons. The number of rotatable bonds is 3. The molecule has 0 fully saturated rings. The highest BCUT2D eigenvalue weighted by Crippen LogP contribution is 2.33. The quantitative estimate of drug-likeness (QED) is 0.324. The molecule has 0 atom stereocenters. The van der Waals surface area contributed by atoms with Gasteiger partial charge in [-0.2, -0.15) is 14.7 Å². The zero-order valence-corrected chi connectivity index (χ0v) is 20.6. The van der Waals surface area contributed by atoms with Crippen molar-refractivity contribution in [2.45, 2.75) is 20.8 Å². The smallest absolute Gasteiger partial charge is 0.356 e. The highest BCUT2D eigenvalue weighted by atomic mass is 19.1. The van der Waals surface area contributed by atoms with Crippen molar-refractivity contribution in [3.63, 3.8) is 0 Å². The van der Waals surface area contributed by atoms with Crippen molar-refractivity contribution in [3.8, 4) is 33.6 Å². The van der Waals surface area contributed by atoms with E-state index >= 15 is 0 Å². The van der Waals surface area contributed by atoms with Crippen molar-refractivity contribution < 1.29 is 8.91 Å². The first-order valence-electron chi connectivity index (χ1n) is 11.7. The van der Waals surface area contributed by atoms with Crippen LogP contribution in [0.3, 0.4) is 0 Å². The molecule has 6 aromatic rings. The summed E-state index contributed by atoms with van der Waals surface area (Å²) in [6, 6.07) is 19.7. The lowest BCUT2D eigenvalue weighted by Crippen LogP contribution is -2.12. The highest BCUT2D eigenvalue weighted by Gasteiger charge is 2.16. The third-order valence-corrected chi connectivity index (χ3v) is 5.34. The number of aromatic amines is 1. The van der Waals surface area contributed by atoms with E-state index in [1.54, 1.807) is 36.9 Å². The Balaban J connectivity index is 0.000000192. The minimum Gasteiger partial charge on any atom is -0.356 e. The number of fused-ring (bicyclic) bond motifs is 1. The molecule has 9 heteroatoms. The Kier molecular flexibility index (Phi) is 7.95. The Morgan fingerprint density at radius 3 is 2.16 bits per heavy atom. The van der Waals surface area contributed by atoms with Crippen LogP contribution in [0.5, 0.6) is 0 Å². The minimum atomic E-state index is -0.416. The van der Waals surface area contributed by atoms with Crippen molar-refractivity contribution in [1.82, 2.24) is 30.0 Å². The van der Waals surface area contributed by atoms with E-state index in [0.717, 1.165) is 33.6 Å². The van der Waals surface area contributed by atoms with Gasteiger partial charge >= 0.3 is 5.69 Å². The summed E-state index contributed by atoms with van der Waals surface area (Å²) in [6.07, 6.45) is 6.54. The largest absolute Gasteiger partial charge is 0.364 e. The zero-order valence-electron chi connectivity index (χ0n) is 20.6. The van der Waals surface area contributed by atoms with Crippen molar-refractivity contribution >= 4 is 5.65 Å². The van der Waals surface area contributed by atoms with Gasteiger partial charge in [-0.1, -0.05) is 61.0 Å². The normalized spacial score (nSPS) is 10.3. The van der Waals surface area contributed by atoms with Gasteiger partial charge in [-0.3, -0.25) is 4.98 Å². The van der Waals surface area contributed by atoms with Crippen molar-refractivity contribution in [1.29, 1.82) is 0 Å². The molecule has 0 aliphatic heterocycles. The van der Waals surface area contributed by atoms with Crippen molar-refractivity contribution in [3.05, 3.63) is 113 Å². The van der Waals surface area contributed by atoms with E-state index in [9.17, 15) is 9.18 Å². The molecular formula is C28H25FN6O2. The summed E-state index contributed by atoms with van der Waals surface area (Å²) in [5, 5.41) is 14.2. The fourth-order valence-corrected chi connectivity index (χ4v) is 3.60. The van der Waals surface area contributed by atoms with E-state index in [2.05, 4.69) is 44.5 Å². The number of H-pyrrole nitrogens is 1. The molecular weight excluding hydrogens is 471 g/mol. The van der Waals surface area contributed by atoms with Gasteiger partial charge in [0.15, 0.2) is 11.4 Å². The maximum absolute atomic E-state index is 13.2. The van der Waals surface area contributed by atoms with Gasteiger partial charge in [-0.25, -0.2) is 14.3 Å². The Bertz CT molecular complexity index is 1610. The maximum Gasteiger partial charge on any atom is 0.364 e. The summed E-state index contributed by atoms with van der Waals surface area (Å²) >= 11 is 0. The number of halogens is 1. The Morgan fingerprint density at radius 2 is 1.51 bits per heavy atom. The maximum atomic E-state index is 13.2. The predicted molar refractivity (Wildman–Crippen MR) is 140 cm³/mol. The second-order valence-electron chi connectivity index (χ2n) is 7.68. The number of nitrogens with zero attached hydrogens (tertiary/aromatic N) is 5. The van der Waals surface area contributed by atoms with Gasteiger partial charge in [-0.15, -0.1) is 0 Å². The van der Waals surface area contributed by atoms with Crippen LogP contribution in [0.2, 0.25) is 0 Å². The fourth-order valence-electron chi connectivity index (χ4n) is 3.60. The molecule has 4 aromatic heterocycles. The standard InChI is InChI=1S/C16H10FN5O.C10H9NO.C2H6/c17-12-3-1-10(2-4-12)13-9-19-22-15(20-21-16(22)23)14(13)11-5-7-18-8-6-11;1-8-2-4-9(5-3-8)10-6-7-11-12-10;1-2/h1-9H,(H,21,23);2-7H,1H3;1-2H3. The van der Waals surface area contributed by atoms with E-state index in [1.807, 2.05) is 44.2 Å². The van der Waals surface area contributed by atoms with Crippen LogP contribution in [0.15, 0.2) is 101 Å². The molecule has 6 rings (SSSR count). The molecule has 0 aliphatic rings. The average Bonchev–Trinajstić information content (AvgIpc) is 3.62. The van der Waals surface area contributed by atoms with E-state index in [-0.39, 0.29) is 5.82 Å². The SMILES string of the molecule is CC.Cc1ccc(-c2ccno2)cc1.O=c1[nH]nc2c(-c3ccncc3)c(-c3ccc(F)cc3)cnn12. The third-order valence-electron chi connectivity index (χ3n) is 5.34. The molecule has 0 aliphatic carbocycles. The first-order valence-corrected chi connectivity index (χ1v) is 11.7. The second kappa shape index (κ2) is 11.7. The fraction of sp³-hybridized carbons (Fsp3) is 0.107. The van der Waals surface area contributed by atoms with Gasteiger partial charge in [0.1, 0.15) is 5.82 Å². The number of aryl methyl sites for hydroxylation is 1. The van der Waals surface area contributed by atoms with Crippen molar-refractivity contribution in [2.24, 2.45) is 0 Å². The zero-order chi connectivity index (χ0) is 26.2. The van der Waals surface area contributed by atoms with E-state index in [4.69, 9.17) is 4.52 Å². The van der Waals surface area contributed by atoms with E-state index < -0.39 is 5.69 Å². The molecule has 0 spiro atoms. The van der Waals surface area contributed by atoms with Gasteiger partial charge in [-0.05, 0) is 42.3 Å². The van der Waals surface area contributed by atoms with Gasteiger partial charge < -0.3 is 4.52 Å². The Labute approximate surface area is 212 Å². The van der Waals surface area contributed by atoms with Crippen LogP contribution in [0.1, 0.15) is 19.4 Å². The van der Waals surface area contributed by atoms with Gasteiger partial charge in [0.05, 0.1) is 12.4 Å². The number of hydrogen-bond donors (Lipinski definition) is 1. The number of hydrogen-bond acceptors (Lipinski definition) is 6. The van der Waals surface area contributed by atoms with Gasteiger partial charge in [0.25, 0.3) is 0 Å². The molecule has 37 heavy (non-hydrogen) atoms. The molecule has 8 nitrogen and oxygen atoms in total. The minimum absolute atomic E-state index is 0.316. The summed E-state index contributed by atoms with van der Waals surface area (Å²) in [4.78, 5) is 15.8. The molecule has 4 heterocycles. The molecule has 1 N–H and O–H groups in total. The summed E-state index contributed by atoms with van der Waals surface area (Å²) in [5.41, 5.74) is 5.41. The molecule has 0 saturated carbocycles. The summed E-state index contributed by atoms with van der Waals surface area (Å²) in [7, 11) is 0. The summed E-state index contributed by atoms with van der Waals surface area (Å²) < 4.78 is 19.4. The lowest BCUT2D eigenvalue weighted by molar-refractivity contribution is 0.432. The number of nitrogens with one attached hydrogen (secondary N) is 1. The average molecular weight is 497 g/mol. The van der Waals surface area contributed by atoms with Crippen LogP contribution < -0.4 is 5.69 Å². The number of benzene rings is 2. The van der Waals surface area contributed by atoms with Gasteiger partial charge in [0.2, 0.25) is 0 Å². The van der Waals surface area contributed by atoms with Crippen LogP contribution in [-0.2, 0) is 0 Å². The molecule has 0 amide bonds. The second-order valence-corrected chi connectivity index (χ2v) is 7.68. The predicted octanol–water partition coefficient (Wildman–Crippen LogP) is 5.96. The first kappa shape index (κ1) is 25.2. The Morgan fingerprint density at radius 1 is 0.838 bits per heavy atom. The third kappa shape index (κ3) is 5.67. The molecule has 0 bridgehead atoms. The van der Waals surface area contributed by atoms with E-state index in [1.165, 1.54) is 22.2 Å². The van der Waals surface area contributed by atoms with Crippen LogP contribution in [0.4, 0.5) is 4.39 Å². The topological polar surface area (TPSA) is 102 Å². The van der Waals surface area contributed by atoms with Crippen molar-refractivity contribution in [2.75, 3.05) is 0 Å².